The zero-order valence-electron chi connectivity index (χ0n) is 24.0. The molecule has 39 heavy (non-hydrogen) atoms. The fourth-order valence-corrected chi connectivity index (χ4v) is 4.41. The van der Waals surface area contributed by atoms with Crippen molar-refractivity contribution in [1.29, 1.82) is 0 Å². The number of amides is 1. The Morgan fingerprint density at radius 2 is 1.72 bits per heavy atom. The number of carbonyl (C=O) groups excluding carboxylic acids is 1. The number of pyridine rings is 1. The molecule has 2 unspecified atom stereocenters. The minimum absolute atomic E-state index is 0.0638. The van der Waals surface area contributed by atoms with E-state index in [1.807, 2.05) is 25.1 Å². The number of ether oxygens (including phenoxy) is 2. The van der Waals surface area contributed by atoms with Crippen molar-refractivity contribution in [3.63, 3.8) is 0 Å². The number of methoxy groups -OCH3 is 2. The first-order valence-electron chi connectivity index (χ1n) is 13.6. The van der Waals surface area contributed by atoms with E-state index >= 15 is 0 Å². The number of anilines is 1. The third-order valence-electron chi connectivity index (χ3n) is 6.62. The van der Waals surface area contributed by atoms with E-state index in [2.05, 4.69) is 31.1 Å². The highest BCUT2D eigenvalue weighted by molar-refractivity contribution is 5.78. The number of nitrogens with zero attached hydrogens (tertiary/aromatic N) is 3. The van der Waals surface area contributed by atoms with Crippen LogP contribution in [0.5, 0.6) is 11.5 Å². The van der Waals surface area contributed by atoms with E-state index < -0.39 is 11.7 Å². The highest BCUT2D eigenvalue weighted by atomic mass is 19.4. The maximum atomic E-state index is 13.1. The van der Waals surface area contributed by atoms with E-state index in [4.69, 9.17) is 9.47 Å². The maximum absolute atomic E-state index is 13.1. The molecule has 2 aromatic rings. The van der Waals surface area contributed by atoms with Crippen LogP contribution in [-0.2, 0) is 17.5 Å². The summed E-state index contributed by atoms with van der Waals surface area (Å²) < 4.78 is 49.8. The van der Waals surface area contributed by atoms with E-state index in [0.29, 0.717) is 39.1 Å². The van der Waals surface area contributed by atoms with E-state index in [9.17, 15) is 18.0 Å². The molecular formula is C29H43F3N4O3. The van der Waals surface area contributed by atoms with Gasteiger partial charge in [-0.2, -0.15) is 13.2 Å². The lowest BCUT2D eigenvalue weighted by Gasteiger charge is -2.37. The molecule has 0 radical (unpaired) electrons. The third kappa shape index (κ3) is 9.60. The van der Waals surface area contributed by atoms with Crippen LogP contribution < -0.4 is 19.7 Å². The summed E-state index contributed by atoms with van der Waals surface area (Å²) in [6.07, 6.45) is -0.432. The largest absolute Gasteiger partial charge is 0.497 e. The summed E-state index contributed by atoms with van der Waals surface area (Å²) in [4.78, 5) is 20.8. The Kier molecular flexibility index (Phi) is 12.8. The molecule has 1 N–H and O–H groups in total. The molecule has 218 valence electrons. The quantitative estimate of drug-likeness (QED) is 0.403. The number of alkyl halides is 3. The van der Waals surface area contributed by atoms with Crippen molar-refractivity contribution in [3.8, 4) is 11.5 Å². The maximum Gasteiger partial charge on any atom is 0.416 e. The molecule has 7 nitrogen and oxygen atoms in total. The van der Waals surface area contributed by atoms with Gasteiger partial charge in [-0.25, -0.2) is 4.98 Å². The van der Waals surface area contributed by atoms with Crippen molar-refractivity contribution in [2.24, 2.45) is 5.92 Å². The Balaban J connectivity index is 0.00000170. The molecule has 1 saturated heterocycles. The predicted octanol–water partition coefficient (Wildman–Crippen LogP) is 5.78. The monoisotopic (exact) mass is 552 g/mol. The normalized spacial score (nSPS) is 15.2. The minimum atomic E-state index is -4.41. The van der Waals surface area contributed by atoms with Gasteiger partial charge >= 0.3 is 6.18 Å². The summed E-state index contributed by atoms with van der Waals surface area (Å²) in [5.41, 5.74) is 0.292. The molecule has 0 saturated carbocycles. The molecule has 1 aromatic carbocycles. The molecule has 10 heteroatoms. The molecular weight excluding hydrogens is 509 g/mol. The second-order valence-electron chi connectivity index (χ2n) is 9.72. The van der Waals surface area contributed by atoms with E-state index in [1.165, 1.54) is 12.6 Å². The van der Waals surface area contributed by atoms with Crippen molar-refractivity contribution < 1.29 is 27.4 Å². The first kappa shape index (κ1) is 32.2. The Morgan fingerprint density at radius 1 is 1.05 bits per heavy atom. The summed E-state index contributed by atoms with van der Waals surface area (Å²) >= 11 is 0. The van der Waals surface area contributed by atoms with Crippen LogP contribution in [0.1, 0.15) is 58.1 Å². The number of nitrogens with one attached hydrogen (secondary N) is 1. The van der Waals surface area contributed by atoms with Crippen LogP contribution >= 0.6 is 0 Å². The van der Waals surface area contributed by atoms with Crippen LogP contribution in [0, 0.1) is 5.92 Å². The molecule has 1 aliphatic heterocycles. The fourth-order valence-electron chi connectivity index (χ4n) is 4.41. The van der Waals surface area contributed by atoms with Crippen LogP contribution in [-0.4, -0.2) is 62.2 Å². The number of piperazine rings is 1. The molecule has 1 fully saturated rings. The van der Waals surface area contributed by atoms with Crippen molar-refractivity contribution in [2.75, 3.05) is 45.3 Å². The Labute approximate surface area is 230 Å². The zero-order chi connectivity index (χ0) is 29.0. The van der Waals surface area contributed by atoms with Gasteiger partial charge in [0.15, 0.2) is 0 Å². The molecule has 2 atom stereocenters. The van der Waals surface area contributed by atoms with Crippen molar-refractivity contribution in [2.45, 2.75) is 65.7 Å². The van der Waals surface area contributed by atoms with Gasteiger partial charge in [0, 0.05) is 62.5 Å². The van der Waals surface area contributed by atoms with E-state index in [-0.39, 0.29) is 23.7 Å². The summed E-state index contributed by atoms with van der Waals surface area (Å²) in [5, 5.41) is 3.53. The highest BCUT2D eigenvalue weighted by Crippen LogP contribution is 2.31. The smallest absolute Gasteiger partial charge is 0.416 e. The molecule has 2 heterocycles. The molecule has 1 amide bonds. The summed E-state index contributed by atoms with van der Waals surface area (Å²) in [6, 6.07) is 7.87. The Hall–Kier alpha value is -3.01. The average molecular weight is 553 g/mol. The molecule has 3 rings (SSSR count). The number of aromatic nitrogens is 1. The average Bonchev–Trinajstić information content (AvgIpc) is 2.94. The number of halogens is 3. The van der Waals surface area contributed by atoms with Gasteiger partial charge in [0.25, 0.3) is 0 Å². The standard InChI is InChI=1S/C26H35F3N4O3.C3H8/c1-5-21(31-17-19-6-7-22(35-3)16-23(19)36-4)14-18(2)25(34)33-12-10-32(11-13-33)24-15-20(8-9-30-24)26(27,28)29;1-3-2/h6-9,15-16,18,21,31H,5,10-14,17H2,1-4H3;3H2,1-2H3. The highest BCUT2D eigenvalue weighted by Gasteiger charge is 2.32. The SMILES string of the molecule is CCC.CCC(CC(C)C(=O)N1CCN(c2cc(C(F)(F)F)ccn2)CC1)NCc1ccc(OC)cc1OC. The van der Waals surface area contributed by atoms with E-state index in [1.54, 1.807) is 24.0 Å². The van der Waals surface area contributed by atoms with Gasteiger partial charge in [-0.05, 0) is 31.0 Å². The first-order valence-corrected chi connectivity index (χ1v) is 13.6. The Morgan fingerprint density at radius 3 is 2.28 bits per heavy atom. The molecule has 0 aliphatic carbocycles. The van der Waals surface area contributed by atoms with Crippen LogP contribution in [0.3, 0.4) is 0 Å². The van der Waals surface area contributed by atoms with Gasteiger partial charge in [-0.3, -0.25) is 4.79 Å². The molecule has 1 aliphatic rings. The van der Waals surface area contributed by atoms with Crippen molar-refractivity contribution in [1.82, 2.24) is 15.2 Å². The van der Waals surface area contributed by atoms with Gasteiger partial charge in [-0.1, -0.05) is 40.2 Å². The second-order valence-corrected chi connectivity index (χ2v) is 9.72. The van der Waals surface area contributed by atoms with Crippen LogP contribution in [0.25, 0.3) is 0 Å². The summed E-state index contributed by atoms with van der Waals surface area (Å²) in [7, 11) is 3.24. The first-order chi connectivity index (χ1) is 18.6. The number of benzene rings is 1. The van der Waals surface area contributed by atoms with Crippen molar-refractivity contribution in [3.05, 3.63) is 47.7 Å². The number of rotatable bonds is 10. The van der Waals surface area contributed by atoms with Gasteiger partial charge in [0.05, 0.1) is 19.8 Å². The zero-order valence-corrected chi connectivity index (χ0v) is 24.0. The predicted molar refractivity (Wildman–Crippen MR) is 148 cm³/mol. The van der Waals surface area contributed by atoms with Gasteiger partial charge in [0.2, 0.25) is 5.91 Å². The minimum Gasteiger partial charge on any atom is -0.497 e. The topological polar surface area (TPSA) is 66.9 Å². The molecule has 1 aromatic heterocycles. The fraction of sp³-hybridized carbons (Fsp3) is 0.586. The lowest BCUT2D eigenvalue weighted by Crippen LogP contribution is -2.51. The van der Waals surface area contributed by atoms with Gasteiger partial charge in [0.1, 0.15) is 17.3 Å². The van der Waals surface area contributed by atoms with Crippen LogP contribution in [0.15, 0.2) is 36.5 Å². The van der Waals surface area contributed by atoms with Gasteiger partial charge < -0.3 is 24.6 Å². The third-order valence-corrected chi connectivity index (χ3v) is 6.62. The number of hydrogen-bond donors (Lipinski definition) is 1. The second kappa shape index (κ2) is 15.5. The van der Waals surface area contributed by atoms with Gasteiger partial charge in [-0.15, -0.1) is 0 Å². The van der Waals surface area contributed by atoms with Crippen LogP contribution in [0.4, 0.5) is 19.0 Å². The lowest BCUT2D eigenvalue weighted by atomic mass is 9.98. The lowest BCUT2D eigenvalue weighted by molar-refractivity contribution is -0.137. The molecule has 0 bridgehead atoms. The summed E-state index contributed by atoms with van der Waals surface area (Å²) in [5.74, 6) is 1.64. The molecule has 0 spiro atoms. The van der Waals surface area contributed by atoms with E-state index in [0.717, 1.165) is 35.6 Å². The number of carbonyl (C=O) groups is 1. The van der Waals surface area contributed by atoms with Crippen LogP contribution in [0.2, 0.25) is 0 Å². The number of hydrogen-bond acceptors (Lipinski definition) is 6. The van der Waals surface area contributed by atoms with Crippen molar-refractivity contribution >= 4 is 11.7 Å². The summed E-state index contributed by atoms with van der Waals surface area (Å²) in [6.45, 7) is 10.7. The Bertz CT molecular complexity index is 1030.